The van der Waals surface area contributed by atoms with Crippen LogP contribution < -0.4 is 5.32 Å². The summed E-state index contributed by atoms with van der Waals surface area (Å²) >= 11 is 0. The molecule has 1 saturated heterocycles. The predicted octanol–water partition coefficient (Wildman–Crippen LogP) is 0.968. The van der Waals surface area contributed by atoms with E-state index >= 15 is 0 Å². The van der Waals surface area contributed by atoms with Gasteiger partial charge in [0, 0.05) is 50.7 Å². The van der Waals surface area contributed by atoms with Crippen molar-refractivity contribution in [1.82, 2.24) is 10.2 Å². The lowest BCUT2D eigenvalue weighted by Crippen LogP contribution is -2.66. The Morgan fingerprint density at radius 3 is 2.89 bits per heavy atom. The lowest BCUT2D eigenvalue weighted by Gasteiger charge is -2.55. The van der Waals surface area contributed by atoms with E-state index in [1.165, 1.54) is 6.42 Å². The molecule has 2 aliphatic rings. The molecular formula is C14H28N2O2. The van der Waals surface area contributed by atoms with Crippen molar-refractivity contribution >= 4 is 0 Å². The molecule has 3 unspecified atom stereocenters. The summed E-state index contributed by atoms with van der Waals surface area (Å²) in [5.41, 5.74) is 0.298. The van der Waals surface area contributed by atoms with Crippen LogP contribution in [0.1, 0.15) is 20.3 Å². The molecule has 0 radical (unpaired) electrons. The van der Waals surface area contributed by atoms with Gasteiger partial charge in [-0.25, -0.2) is 0 Å². The van der Waals surface area contributed by atoms with Crippen LogP contribution in [0.4, 0.5) is 0 Å². The zero-order valence-corrected chi connectivity index (χ0v) is 12.2. The predicted molar refractivity (Wildman–Crippen MR) is 72.8 cm³/mol. The summed E-state index contributed by atoms with van der Waals surface area (Å²) in [5.74, 6) is 0.740. The maximum absolute atomic E-state index is 5.81. The Hall–Kier alpha value is -0.160. The molecule has 3 atom stereocenters. The molecule has 0 aromatic carbocycles. The maximum atomic E-state index is 5.81. The van der Waals surface area contributed by atoms with Gasteiger partial charge in [-0.15, -0.1) is 0 Å². The van der Waals surface area contributed by atoms with Gasteiger partial charge in [-0.1, -0.05) is 13.8 Å². The largest absolute Gasteiger partial charge is 0.383 e. The summed E-state index contributed by atoms with van der Waals surface area (Å²) in [6.07, 6.45) is 1.71. The number of fused-ring (bicyclic) bond motifs is 1. The summed E-state index contributed by atoms with van der Waals surface area (Å²) < 4.78 is 10.9. The van der Waals surface area contributed by atoms with Crippen molar-refractivity contribution in [3.05, 3.63) is 0 Å². The zero-order chi connectivity index (χ0) is 13.2. The third-order valence-corrected chi connectivity index (χ3v) is 4.64. The van der Waals surface area contributed by atoms with Gasteiger partial charge in [-0.3, -0.25) is 0 Å². The molecule has 4 nitrogen and oxygen atoms in total. The fourth-order valence-electron chi connectivity index (χ4n) is 3.51. The first-order chi connectivity index (χ1) is 8.57. The molecule has 4 heteroatoms. The maximum Gasteiger partial charge on any atom is 0.0685 e. The minimum atomic E-state index is 0.298. The second-order valence-corrected chi connectivity index (χ2v) is 6.29. The van der Waals surface area contributed by atoms with E-state index in [9.17, 15) is 0 Å². The highest BCUT2D eigenvalue weighted by molar-refractivity contribution is 5.11. The van der Waals surface area contributed by atoms with Crippen LogP contribution in [0.15, 0.2) is 0 Å². The Morgan fingerprint density at radius 1 is 1.39 bits per heavy atom. The SMILES string of the molecule is COCCN(C)CCNC1C2CCOC2C1(C)C. The average Bonchev–Trinajstić information content (AvgIpc) is 2.78. The molecule has 18 heavy (non-hydrogen) atoms. The van der Waals surface area contributed by atoms with Crippen LogP contribution in [0.5, 0.6) is 0 Å². The molecule has 0 bridgehead atoms. The van der Waals surface area contributed by atoms with Crippen molar-refractivity contribution in [3.63, 3.8) is 0 Å². The molecule has 0 aromatic rings. The van der Waals surface area contributed by atoms with Gasteiger partial charge in [-0.05, 0) is 13.5 Å². The topological polar surface area (TPSA) is 33.7 Å². The molecular weight excluding hydrogens is 228 g/mol. The first-order valence-electron chi connectivity index (χ1n) is 7.10. The Morgan fingerprint density at radius 2 is 2.17 bits per heavy atom. The monoisotopic (exact) mass is 256 g/mol. The van der Waals surface area contributed by atoms with Crippen LogP contribution in [0, 0.1) is 11.3 Å². The minimum absolute atomic E-state index is 0.298. The summed E-state index contributed by atoms with van der Waals surface area (Å²) in [7, 11) is 3.90. The summed E-state index contributed by atoms with van der Waals surface area (Å²) in [4.78, 5) is 2.31. The normalized spacial score (nSPS) is 33.5. The average molecular weight is 256 g/mol. The number of rotatable bonds is 7. The number of likely N-dealkylation sites (N-methyl/N-ethyl adjacent to an activating group) is 1. The van der Waals surface area contributed by atoms with Crippen molar-refractivity contribution in [2.75, 3.05) is 47.0 Å². The minimum Gasteiger partial charge on any atom is -0.383 e. The van der Waals surface area contributed by atoms with E-state index in [-0.39, 0.29) is 0 Å². The lowest BCUT2D eigenvalue weighted by atomic mass is 9.57. The van der Waals surface area contributed by atoms with Gasteiger partial charge in [0.2, 0.25) is 0 Å². The molecule has 0 spiro atoms. The van der Waals surface area contributed by atoms with Crippen LogP contribution in [-0.2, 0) is 9.47 Å². The Bertz CT molecular complexity index is 271. The molecule has 1 aliphatic carbocycles. The quantitative estimate of drug-likeness (QED) is 0.736. The fraction of sp³-hybridized carbons (Fsp3) is 1.00. The van der Waals surface area contributed by atoms with Crippen molar-refractivity contribution < 1.29 is 9.47 Å². The van der Waals surface area contributed by atoms with Gasteiger partial charge in [0.25, 0.3) is 0 Å². The number of nitrogens with one attached hydrogen (secondary N) is 1. The van der Waals surface area contributed by atoms with Gasteiger partial charge < -0.3 is 19.7 Å². The Balaban J connectivity index is 1.68. The van der Waals surface area contributed by atoms with Gasteiger partial charge in [0.15, 0.2) is 0 Å². The van der Waals surface area contributed by atoms with Gasteiger partial charge in [-0.2, -0.15) is 0 Å². The molecule has 1 aliphatic heterocycles. The van der Waals surface area contributed by atoms with E-state index in [4.69, 9.17) is 9.47 Å². The smallest absolute Gasteiger partial charge is 0.0685 e. The second-order valence-electron chi connectivity index (χ2n) is 6.29. The van der Waals surface area contributed by atoms with Crippen LogP contribution in [0.25, 0.3) is 0 Å². The second kappa shape index (κ2) is 5.87. The van der Waals surface area contributed by atoms with E-state index in [1.807, 2.05) is 0 Å². The van der Waals surface area contributed by atoms with Crippen molar-refractivity contribution in [1.29, 1.82) is 0 Å². The van der Waals surface area contributed by atoms with Gasteiger partial charge in [0.1, 0.15) is 0 Å². The number of nitrogens with zero attached hydrogens (tertiary/aromatic N) is 1. The van der Waals surface area contributed by atoms with Crippen LogP contribution in [-0.4, -0.2) is 64.1 Å². The van der Waals surface area contributed by atoms with E-state index in [0.29, 0.717) is 17.6 Å². The molecule has 0 aromatic heterocycles. The van der Waals surface area contributed by atoms with E-state index in [1.54, 1.807) is 7.11 Å². The van der Waals surface area contributed by atoms with E-state index in [0.717, 1.165) is 38.8 Å². The molecule has 0 amide bonds. The van der Waals surface area contributed by atoms with E-state index in [2.05, 4.69) is 31.1 Å². The standard InChI is InChI=1S/C14H28N2O2/c1-14(2)12(11-5-9-18-13(11)14)15-6-7-16(3)8-10-17-4/h11-13,15H,5-10H2,1-4H3. The number of ether oxygens (including phenoxy) is 2. The third-order valence-electron chi connectivity index (χ3n) is 4.64. The molecule has 1 N–H and O–H groups in total. The van der Waals surface area contributed by atoms with Gasteiger partial charge in [0.05, 0.1) is 12.7 Å². The van der Waals surface area contributed by atoms with Crippen molar-refractivity contribution in [2.24, 2.45) is 11.3 Å². The highest BCUT2D eigenvalue weighted by Gasteiger charge is 2.58. The van der Waals surface area contributed by atoms with Crippen LogP contribution in [0.3, 0.4) is 0 Å². The Labute approximate surface area is 111 Å². The molecule has 1 saturated carbocycles. The fourth-order valence-corrected chi connectivity index (χ4v) is 3.51. The summed E-state index contributed by atoms with van der Waals surface area (Å²) in [6, 6.07) is 0.626. The van der Waals surface area contributed by atoms with E-state index < -0.39 is 0 Å². The zero-order valence-electron chi connectivity index (χ0n) is 12.2. The third kappa shape index (κ3) is 2.72. The molecule has 106 valence electrons. The lowest BCUT2D eigenvalue weighted by molar-refractivity contribution is -0.112. The summed E-state index contributed by atoms with van der Waals surface area (Å²) in [6.45, 7) is 9.54. The molecule has 2 fully saturated rings. The number of hydrogen-bond donors (Lipinski definition) is 1. The highest BCUT2D eigenvalue weighted by atomic mass is 16.5. The molecule has 1 heterocycles. The number of hydrogen-bond acceptors (Lipinski definition) is 4. The first kappa shape index (κ1) is 14.3. The molecule has 2 rings (SSSR count). The Kier molecular flexibility index (Phi) is 4.64. The van der Waals surface area contributed by atoms with Crippen molar-refractivity contribution in [2.45, 2.75) is 32.4 Å². The van der Waals surface area contributed by atoms with Crippen molar-refractivity contribution in [3.8, 4) is 0 Å². The van der Waals surface area contributed by atoms with Gasteiger partial charge >= 0.3 is 0 Å². The summed E-state index contributed by atoms with van der Waals surface area (Å²) in [5, 5.41) is 3.73. The highest BCUT2D eigenvalue weighted by Crippen LogP contribution is 2.51. The first-order valence-corrected chi connectivity index (χ1v) is 7.10. The number of methoxy groups -OCH3 is 1. The van der Waals surface area contributed by atoms with Crippen LogP contribution >= 0.6 is 0 Å². The van der Waals surface area contributed by atoms with Crippen LogP contribution in [0.2, 0.25) is 0 Å².